The second-order valence-electron chi connectivity index (χ2n) is 14.4. The fourth-order valence-electron chi connectivity index (χ4n) is 3.93. The highest BCUT2D eigenvalue weighted by atomic mass is 28.5. The Morgan fingerprint density at radius 2 is 0.581 bits per heavy atom. The van der Waals surface area contributed by atoms with E-state index < -0.39 is 68.5 Å². The van der Waals surface area contributed by atoms with Crippen LogP contribution in [0.2, 0.25) is 118 Å². The summed E-state index contributed by atoms with van der Waals surface area (Å²) in [6.45, 7) is 43.2. The predicted octanol–water partition coefficient (Wildman–Crippen LogP) is 6.62. The number of nitrogens with zero attached hydrogens (tertiary/aromatic N) is 2. The second kappa shape index (κ2) is 10.7. The summed E-state index contributed by atoms with van der Waals surface area (Å²) in [5.74, 6) is 0. The van der Waals surface area contributed by atoms with Gasteiger partial charge in [0.2, 0.25) is 0 Å². The van der Waals surface area contributed by atoms with Crippen molar-refractivity contribution >= 4 is 68.5 Å². The van der Waals surface area contributed by atoms with Crippen LogP contribution in [0.15, 0.2) is 0 Å². The molecule has 0 unspecified atom stereocenters. The van der Waals surface area contributed by atoms with E-state index in [1.54, 1.807) is 0 Å². The topological polar surface area (TPSA) is 34.2 Å². The van der Waals surface area contributed by atoms with Gasteiger partial charge in [0, 0.05) is 0 Å². The minimum atomic E-state index is -1.79. The maximum atomic E-state index is 7.25. The van der Waals surface area contributed by atoms with E-state index in [2.05, 4.69) is 126 Å². The van der Waals surface area contributed by atoms with Crippen LogP contribution in [-0.2, 0) is 12.3 Å². The Balaban J connectivity index is 6.63. The van der Waals surface area contributed by atoms with Crippen molar-refractivity contribution in [1.29, 1.82) is 0 Å². The zero-order chi connectivity index (χ0) is 25.4. The SMILES string of the molecule is C[Si](C)(C)O[Si](O[Si](O[Si](C)(C)C)N([Si](C)(C)C)[Si](C)(C)C)N([Si](C)(C)C)[Si](C)(C)C. The van der Waals surface area contributed by atoms with Gasteiger partial charge in [-0.15, -0.1) is 0 Å². The summed E-state index contributed by atoms with van der Waals surface area (Å²) in [7, 11) is -13.4. The van der Waals surface area contributed by atoms with Crippen LogP contribution in [0.3, 0.4) is 0 Å². The third kappa shape index (κ3) is 12.2. The van der Waals surface area contributed by atoms with Gasteiger partial charge in [0.05, 0.1) is 0 Å². The lowest BCUT2D eigenvalue weighted by atomic mass is 11.8. The normalized spacial score (nSPS) is 15.7. The molecule has 0 aliphatic carbocycles. The van der Waals surface area contributed by atoms with Gasteiger partial charge in [-0.3, -0.25) is 0 Å². The monoisotopic (exact) mass is 570 g/mol. The molecule has 2 radical (unpaired) electrons. The molecule has 0 spiro atoms. The smallest absolute Gasteiger partial charge is 0.424 e. The van der Waals surface area contributed by atoms with Gasteiger partial charge in [-0.05, 0) is 39.3 Å². The molecule has 0 bridgehead atoms. The Morgan fingerprint density at radius 1 is 0.387 bits per heavy atom. The standard InChI is InChI=1S/C18H54N2O3Si8/c1-26(2,3)19(27(4,5)6)24(22-30(13,14)15)21-25(23-31(16,17)18)20(28(7,8)9)29(10,11)12/h1-18H3. The summed E-state index contributed by atoms with van der Waals surface area (Å²) < 4.78 is 26.7. The fourth-order valence-corrected chi connectivity index (χ4v) is 39.4. The van der Waals surface area contributed by atoms with E-state index in [1.165, 1.54) is 0 Å². The molecule has 0 aromatic rings. The molecular formula is C18H54N2O3Si8. The molecular weight excluding hydrogens is 517 g/mol. The van der Waals surface area contributed by atoms with Crippen molar-refractivity contribution in [2.75, 3.05) is 0 Å². The van der Waals surface area contributed by atoms with Crippen molar-refractivity contribution in [3.05, 3.63) is 0 Å². The Bertz CT molecular complexity index is 491. The van der Waals surface area contributed by atoms with Crippen molar-refractivity contribution in [2.45, 2.75) is 118 Å². The van der Waals surface area contributed by atoms with Crippen molar-refractivity contribution in [3.8, 4) is 0 Å². The van der Waals surface area contributed by atoms with Crippen molar-refractivity contribution in [2.24, 2.45) is 0 Å². The van der Waals surface area contributed by atoms with Gasteiger partial charge in [-0.25, -0.2) is 0 Å². The van der Waals surface area contributed by atoms with E-state index in [-0.39, 0.29) is 0 Å². The van der Waals surface area contributed by atoms with Crippen LogP contribution >= 0.6 is 0 Å². The maximum absolute atomic E-state index is 7.25. The molecule has 0 aliphatic rings. The third-order valence-corrected chi connectivity index (χ3v) is 36.1. The number of hydrogen-bond acceptors (Lipinski definition) is 5. The first kappa shape index (κ1) is 32.5. The van der Waals surface area contributed by atoms with Crippen LogP contribution in [0.5, 0.6) is 0 Å². The molecule has 0 N–H and O–H groups in total. The minimum absolute atomic E-state index is 1.63. The zero-order valence-corrected chi connectivity index (χ0v) is 32.1. The molecule has 0 aromatic carbocycles. The first-order chi connectivity index (χ1) is 13.2. The van der Waals surface area contributed by atoms with E-state index >= 15 is 0 Å². The summed E-state index contributed by atoms with van der Waals surface area (Å²) >= 11 is 0. The molecule has 0 atom stereocenters. The maximum Gasteiger partial charge on any atom is 0.456 e. The Kier molecular flexibility index (Phi) is 11.2. The largest absolute Gasteiger partial charge is 0.456 e. The minimum Gasteiger partial charge on any atom is -0.424 e. The molecule has 0 heterocycles. The molecule has 186 valence electrons. The average molecular weight is 571 g/mol. The number of hydrogen-bond donors (Lipinski definition) is 0. The molecule has 0 aliphatic heterocycles. The fraction of sp³-hybridized carbons (Fsp3) is 1.00. The molecule has 0 fully saturated rings. The summed E-state index contributed by atoms with van der Waals surface area (Å²) in [5, 5.41) is 0. The van der Waals surface area contributed by atoms with Crippen molar-refractivity contribution < 1.29 is 12.3 Å². The molecule has 0 aromatic heterocycles. The lowest BCUT2D eigenvalue weighted by Gasteiger charge is -2.51. The highest BCUT2D eigenvalue weighted by Gasteiger charge is 2.51. The molecule has 0 saturated carbocycles. The Hall–Kier alpha value is 1.54. The van der Waals surface area contributed by atoms with Crippen LogP contribution in [-0.4, -0.2) is 76.3 Å². The Labute approximate surface area is 205 Å². The van der Waals surface area contributed by atoms with Gasteiger partial charge in [0.25, 0.3) is 0 Å². The third-order valence-electron chi connectivity index (χ3n) is 4.01. The summed E-state index contributed by atoms with van der Waals surface area (Å²) in [4.78, 5) is 0. The van der Waals surface area contributed by atoms with Crippen LogP contribution in [0.1, 0.15) is 0 Å². The van der Waals surface area contributed by atoms with Crippen molar-refractivity contribution in [1.82, 2.24) is 7.79 Å². The quantitative estimate of drug-likeness (QED) is 0.246. The first-order valence-electron chi connectivity index (χ1n) is 11.6. The van der Waals surface area contributed by atoms with Gasteiger partial charge in [0.15, 0.2) is 16.6 Å². The summed E-state index contributed by atoms with van der Waals surface area (Å²) in [6.07, 6.45) is 0. The Morgan fingerprint density at radius 3 is 0.710 bits per heavy atom. The summed E-state index contributed by atoms with van der Waals surface area (Å²) in [6, 6.07) is 0. The van der Waals surface area contributed by atoms with Gasteiger partial charge in [-0.2, -0.15) is 0 Å². The lowest BCUT2D eigenvalue weighted by Crippen LogP contribution is -2.73. The van der Waals surface area contributed by atoms with Gasteiger partial charge in [-0.1, -0.05) is 78.6 Å². The van der Waals surface area contributed by atoms with Gasteiger partial charge in [0.1, 0.15) is 32.9 Å². The molecule has 0 rings (SSSR count). The van der Waals surface area contributed by atoms with E-state index in [4.69, 9.17) is 12.3 Å². The number of rotatable bonds is 12. The summed E-state index contributed by atoms with van der Waals surface area (Å²) in [5.41, 5.74) is 0. The van der Waals surface area contributed by atoms with Gasteiger partial charge >= 0.3 is 18.9 Å². The molecule has 0 saturated heterocycles. The second-order valence-corrected chi connectivity index (χ2v) is 49.1. The van der Waals surface area contributed by atoms with E-state index in [0.717, 1.165) is 0 Å². The van der Waals surface area contributed by atoms with Crippen LogP contribution in [0.25, 0.3) is 0 Å². The highest BCUT2D eigenvalue weighted by Crippen LogP contribution is 2.29. The van der Waals surface area contributed by atoms with Crippen LogP contribution < -0.4 is 0 Å². The molecule has 31 heavy (non-hydrogen) atoms. The van der Waals surface area contributed by atoms with E-state index in [1.807, 2.05) is 0 Å². The zero-order valence-electron chi connectivity index (χ0n) is 24.1. The molecule has 13 heteroatoms. The lowest BCUT2D eigenvalue weighted by molar-refractivity contribution is 0.318. The average Bonchev–Trinajstić information content (AvgIpc) is 2.25. The predicted molar refractivity (Wildman–Crippen MR) is 159 cm³/mol. The molecule has 5 nitrogen and oxygen atoms in total. The van der Waals surface area contributed by atoms with Crippen molar-refractivity contribution in [3.63, 3.8) is 0 Å². The first-order valence-corrected chi connectivity index (χ1v) is 34.7. The van der Waals surface area contributed by atoms with Crippen LogP contribution in [0, 0.1) is 0 Å². The van der Waals surface area contributed by atoms with Crippen LogP contribution in [0.4, 0.5) is 0 Å². The van der Waals surface area contributed by atoms with Gasteiger partial charge < -0.3 is 20.1 Å². The van der Waals surface area contributed by atoms with E-state index in [0.29, 0.717) is 0 Å². The molecule has 0 amide bonds. The highest BCUT2D eigenvalue weighted by molar-refractivity contribution is 7.01. The van der Waals surface area contributed by atoms with E-state index in [9.17, 15) is 0 Å².